The van der Waals surface area contributed by atoms with E-state index in [2.05, 4.69) is 0 Å². The predicted octanol–water partition coefficient (Wildman–Crippen LogP) is 5.22. The van der Waals surface area contributed by atoms with Gasteiger partial charge >= 0.3 is 11.9 Å². The number of hydrogen-bond acceptors (Lipinski definition) is 8. The molecule has 2 heterocycles. The molecule has 47 heavy (non-hydrogen) atoms. The van der Waals surface area contributed by atoms with Gasteiger partial charge in [0, 0.05) is 11.1 Å². The lowest BCUT2D eigenvalue weighted by atomic mass is 9.93. The summed E-state index contributed by atoms with van der Waals surface area (Å²) in [5.41, 5.74) is 3.41. The van der Waals surface area contributed by atoms with Gasteiger partial charge in [0.1, 0.15) is 18.1 Å². The third-order valence-corrected chi connectivity index (χ3v) is 8.57. The van der Waals surface area contributed by atoms with Crippen LogP contribution in [-0.4, -0.2) is 35.3 Å². The first kappa shape index (κ1) is 31.3. The van der Waals surface area contributed by atoms with E-state index < -0.39 is 18.0 Å². The van der Waals surface area contributed by atoms with Crippen molar-refractivity contribution in [3.8, 4) is 11.5 Å². The fraction of sp³-hybridized carbons (Fsp3) is 0.135. The molecule has 0 bridgehead atoms. The number of hydrogen-bond donors (Lipinski definition) is 1. The van der Waals surface area contributed by atoms with Crippen LogP contribution in [0.25, 0.3) is 11.8 Å². The summed E-state index contributed by atoms with van der Waals surface area (Å²) in [5, 5.41) is 9.19. The molecular weight excluding hydrogens is 616 g/mol. The fourth-order valence-corrected chi connectivity index (χ4v) is 6.34. The van der Waals surface area contributed by atoms with Crippen LogP contribution in [0.3, 0.4) is 0 Å². The van der Waals surface area contributed by atoms with E-state index in [4.69, 9.17) is 19.2 Å². The lowest BCUT2D eigenvalue weighted by Gasteiger charge is -2.26. The second kappa shape index (κ2) is 13.7. The first-order chi connectivity index (χ1) is 22.9. The van der Waals surface area contributed by atoms with Crippen LogP contribution < -0.4 is 24.4 Å². The van der Waals surface area contributed by atoms with Gasteiger partial charge in [-0.1, -0.05) is 84.1 Å². The van der Waals surface area contributed by atoms with Crippen molar-refractivity contribution in [3.63, 3.8) is 0 Å². The van der Waals surface area contributed by atoms with E-state index in [9.17, 15) is 19.5 Å². The number of carbonyl (C=O) groups excluding carboxylic acids is 1. The predicted molar refractivity (Wildman–Crippen MR) is 178 cm³/mol. The maximum Gasteiger partial charge on any atom is 0.338 e. The van der Waals surface area contributed by atoms with Gasteiger partial charge in [-0.15, -0.1) is 0 Å². The Bertz CT molecular complexity index is 2170. The molecule has 1 N–H and O–H groups in total. The number of ether oxygens (including phenoxy) is 3. The highest BCUT2D eigenvalue weighted by molar-refractivity contribution is 7.07. The maximum atomic E-state index is 14.3. The molecule has 0 saturated heterocycles. The number of benzene rings is 4. The average Bonchev–Trinajstić information content (AvgIpc) is 3.41. The van der Waals surface area contributed by atoms with E-state index in [-0.39, 0.29) is 29.9 Å². The molecule has 5 aromatic rings. The quantitative estimate of drug-likeness (QED) is 0.207. The number of aromatic carboxylic acids is 1. The highest BCUT2D eigenvalue weighted by Gasteiger charge is 2.35. The van der Waals surface area contributed by atoms with Crippen LogP contribution in [0.1, 0.15) is 45.6 Å². The third-order valence-electron chi connectivity index (χ3n) is 7.58. The molecule has 0 saturated carbocycles. The summed E-state index contributed by atoms with van der Waals surface area (Å²) in [5.74, 6) is -0.438. The Labute approximate surface area is 274 Å². The van der Waals surface area contributed by atoms with Gasteiger partial charge in [0.15, 0.2) is 4.80 Å². The van der Waals surface area contributed by atoms with Crippen molar-refractivity contribution in [3.05, 3.63) is 156 Å². The minimum atomic E-state index is -0.997. The van der Waals surface area contributed by atoms with Gasteiger partial charge in [0.25, 0.3) is 5.56 Å². The van der Waals surface area contributed by atoms with E-state index in [0.717, 1.165) is 11.1 Å². The molecule has 4 aromatic carbocycles. The second-order valence-corrected chi connectivity index (χ2v) is 11.5. The zero-order valence-corrected chi connectivity index (χ0v) is 26.4. The van der Waals surface area contributed by atoms with Crippen molar-refractivity contribution in [1.82, 2.24) is 4.57 Å². The molecule has 1 aliphatic heterocycles. The van der Waals surface area contributed by atoms with E-state index in [1.807, 2.05) is 60.7 Å². The number of nitrogens with zero attached hydrogens (tertiary/aromatic N) is 2. The van der Waals surface area contributed by atoms with Crippen molar-refractivity contribution in [2.24, 2.45) is 4.99 Å². The molecule has 1 aliphatic rings. The summed E-state index contributed by atoms with van der Waals surface area (Å²) < 4.78 is 19.1. The second-order valence-electron chi connectivity index (χ2n) is 10.5. The molecule has 1 aromatic heterocycles. The maximum absolute atomic E-state index is 14.3. The molecule has 9 nitrogen and oxygen atoms in total. The number of fused-ring (bicyclic) bond motifs is 1. The minimum absolute atomic E-state index is 0.153. The van der Waals surface area contributed by atoms with E-state index in [0.29, 0.717) is 37.7 Å². The normalized spacial score (nSPS) is 14.3. The number of esters is 1. The average molecular weight is 647 g/mol. The number of carbonyl (C=O) groups is 2. The number of rotatable bonds is 10. The number of carboxylic acids is 1. The minimum Gasteiger partial charge on any atom is -0.497 e. The van der Waals surface area contributed by atoms with Crippen LogP contribution in [0.5, 0.6) is 11.5 Å². The van der Waals surface area contributed by atoms with Gasteiger partial charge < -0.3 is 19.3 Å². The van der Waals surface area contributed by atoms with E-state index >= 15 is 0 Å². The van der Waals surface area contributed by atoms with Crippen LogP contribution in [0.4, 0.5) is 0 Å². The summed E-state index contributed by atoms with van der Waals surface area (Å²) in [6.07, 6.45) is 1.76. The fourth-order valence-electron chi connectivity index (χ4n) is 5.34. The number of thiazole rings is 1. The molecule has 0 unspecified atom stereocenters. The standard InChI is InChI=1S/C37H30N2O7S/c1-3-45-36(43)31-32(24-10-5-4-6-11-24)38-37-39(33(31)27-13-9-14-28(20-27)44-2)34(40)30(47-37)21-26-12-7-8-15-29(26)46-22-23-16-18-25(19-17-23)35(41)42/h4-21,33H,3,22H2,1-2H3,(H,41,42)/b30-21-/t33-/m0/s1. The lowest BCUT2D eigenvalue weighted by Crippen LogP contribution is -2.40. The van der Waals surface area contributed by atoms with Gasteiger partial charge in [-0.2, -0.15) is 0 Å². The molecule has 0 radical (unpaired) electrons. The number of para-hydroxylation sites is 1. The smallest absolute Gasteiger partial charge is 0.338 e. The van der Waals surface area contributed by atoms with Crippen molar-refractivity contribution in [1.29, 1.82) is 0 Å². The molecule has 0 fully saturated rings. The largest absolute Gasteiger partial charge is 0.497 e. The Balaban J connectivity index is 1.49. The lowest BCUT2D eigenvalue weighted by molar-refractivity contribution is -0.138. The molecule has 236 valence electrons. The summed E-state index contributed by atoms with van der Waals surface area (Å²) >= 11 is 1.22. The Morgan fingerprint density at radius 3 is 2.43 bits per heavy atom. The molecule has 1 atom stereocenters. The van der Waals surface area contributed by atoms with E-state index in [1.165, 1.54) is 28.0 Å². The van der Waals surface area contributed by atoms with Gasteiger partial charge in [0.2, 0.25) is 0 Å². The highest BCUT2D eigenvalue weighted by Crippen LogP contribution is 2.36. The van der Waals surface area contributed by atoms with Crippen molar-refractivity contribution in [2.45, 2.75) is 19.6 Å². The SMILES string of the molecule is CCOC(=O)C1=C(c2ccccc2)N=c2s/c(=C\c3ccccc3OCc3ccc(C(=O)O)cc3)c(=O)n2[C@H]1c1cccc(OC)c1. The topological polar surface area (TPSA) is 116 Å². The van der Waals surface area contributed by atoms with Gasteiger partial charge in [0.05, 0.1) is 41.1 Å². The van der Waals surface area contributed by atoms with Crippen LogP contribution in [-0.2, 0) is 16.1 Å². The summed E-state index contributed by atoms with van der Waals surface area (Å²) in [7, 11) is 1.56. The molecule has 0 amide bonds. The molecule has 6 rings (SSSR count). The number of aromatic nitrogens is 1. The van der Waals surface area contributed by atoms with Crippen LogP contribution in [0, 0.1) is 0 Å². The van der Waals surface area contributed by atoms with E-state index in [1.54, 1.807) is 50.4 Å². The molecular formula is C37H30N2O7S. The number of methoxy groups -OCH3 is 1. The van der Waals surface area contributed by atoms with Gasteiger partial charge in [-0.3, -0.25) is 9.36 Å². The summed E-state index contributed by atoms with van der Waals surface area (Å²) in [4.78, 5) is 44.5. The zero-order chi connectivity index (χ0) is 32.9. The monoisotopic (exact) mass is 646 g/mol. The molecule has 0 aliphatic carbocycles. The van der Waals surface area contributed by atoms with Gasteiger partial charge in [-0.05, 0) is 54.5 Å². The number of carboxylic acid groups (broad SMARTS) is 1. The third kappa shape index (κ3) is 6.49. The van der Waals surface area contributed by atoms with Crippen LogP contribution in [0.15, 0.2) is 118 Å². The van der Waals surface area contributed by atoms with Crippen molar-refractivity contribution < 1.29 is 28.9 Å². The van der Waals surface area contributed by atoms with Crippen LogP contribution >= 0.6 is 11.3 Å². The molecule has 10 heteroatoms. The van der Waals surface area contributed by atoms with Crippen molar-refractivity contribution in [2.75, 3.05) is 13.7 Å². The summed E-state index contributed by atoms with van der Waals surface area (Å²) in [6, 6.07) is 29.6. The Morgan fingerprint density at radius 1 is 0.957 bits per heavy atom. The Morgan fingerprint density at radius 2 is 1.70 bits per heavy atom. The Hall–Kier alpha value is -5.74. The molecule has 0 spiro atoms. The summed E-state index contributed by atoms with van der Waals surface area (Å²) in [6.45, 7) is 2.09. The first-order valence-electron chi connectivity index (χ1n) is 14.8. The van der Waals surface area contributed by atoms with Crippen molar-refractivity contribution >= 4 is 35.0 Å². The highest BCUT2D eigenvalue weighted by atomic mass is 32.1. The van der Waals surface area contributed by atoms with Crippen LogP contribution in [0.2, 0.25) is 0 Å². The zero-order valence-electron chi connectivity index (χ0n) is 25.6. The first-order valence-corrected chi connectivity index (χ1v) is 15.7. The van der Waals surface area contributed by atoms with Gasteiger partial charge in [-0.25, -0.2) is 14.6 Å². The Kier molecular flexibility index (Phi) is 9.12.